The van der Waals surface area contributed by atoms with Gasteiger partial charge in [-0.05, 0) is 60.0 Å². The van der Waals surface area contributed by atoms with Crippen molar-refractivity contribution < 1.29 is 17.9 Å². The van der Waals surface area contributed by atoms with Crippen LogP contribution in [0.2, 0.25) is 0 Å². The minimum atomic E-state index is -3.73. The molecule has 1 heterocycles. The zero-order valence-electron chi connectivity index (χ0n) is 22.4. The molecule has 1 N–H and O–H groups in total. The van der Waals surface area contributed by atoms with E-state index in [2.05, 4.69) is 58.2 Å². The summed E-state index contributed by atoms with van der Waals surface area (Å²) in [6.07, 6.45) is 0. The van der Waals surface area contributed by atoms with Crippen LogP contribution in [-0.4, -0.2) is 56.9 Å². The van der Waals surface area contributed by atoms with Crippen molar-refractivity contribution in [1.82, 2.24) is 9.80 Å². The number of sulfonamides is 1. The normalized spacial score (nSPS) is 14.2. The molecule has 0 aromatic heterocycles. The minimum Gasteiger partial charge on any atom is -0.484 e. The molecular weight excluding hydrogens is 522 g/mol. The molecule has 5 rings (SSSR count). The second-order valence-corrected chi connectivity index (χ2v) is 11.6. The van der Waals surface area contributed by atoms with Gasteiger partial charge in [-0.1, -0.05) is 72.8 Å². The highest BCUT2D eigenvalue weighted by Crippen LogP contribution is 2.29. The van der Waals surface area contributed by atoms with Crippen LogP contribution < -0.4 is 9.46 Å². The Morgan fingerprint density at radius 2 is 1.40 bits per heavy atom. The standard InChI is InChI=1S/C32H33N3O4S/c1-25-9-8-14-28(23-25)33-40(37,38)30-17-15-29(16-18-30)39-24-31(36)34-19-21-35(22-20-34)32(26-10-4-2-5-11-26)27-12-6-3-7-13-27/h2-18,23,32-33H,19-22,24H2,1H3. The number of anilines is 1. The van der Waals surface area contributed by atoms with Crippen molar-refractivity contribution in [1.29, 1.82) is 0 Å². The summed E-state index contributed by atoms with van der Waals surface area (Å²) in [5.41, 5.74) is 3.93. The van der Waals surface area contributed by atoms with Crippen molar-refractivity contribution >= 4 is 21.6 Å². The molecule has 0 radical (unpaired) electrons. The second kappa shape index (κ2) is 12.4. The van der Waals surface area contributed by atoms with Gasteiger partial charge in [-0.25, -0.2) is 8.42 Å². The van der Waals surface area contributed by atoms with Gasteiger partial charge >= 0.3 is 0 Å². The Balaban J connectivity index is 1.15. The number of carbonyl (C=O) groups is 1. The first kappa shape index (κ1) is 27.4. The number of carbonyl (C=O) groups excluding carboxylic acids is 1. The molecule has 8 heteroatoms. The smallest absolute Gasteiger partial charge is 0.261 e. The Morgan fingerprint density at radius 1 is 0.800 bits per heavy atom. The minimum absolute atomic E-state index is 0.0894. The fraction of sp³-hybridized carbons (Fsp3) is 0.219. The third-order valence-corrected chi connectivity index (χ3v) is 8.43. The first-order chi connectivity index (χ1) is 19.4. The van der Waals surface area contributed by atoms with Gasteiger partial charge in [-0.3, -0.25) is 14.4 Å². The van der Waals surface area contributed by atoms with E-state index in [0.29, 0.717) is 24.5 Å². The molecule has 0 bridgehead atoms. The molecule has 40 heavy (non-hydrogen) atoms. The molecule has 206 valence electrons. The molecule has 4 aromatic rings. The number of amides is 1. The average Bonchev–Trinajstić information content (AvgIpc) is 2.97. The van der Waals surface area contributed by atoms with Gasteiger partial charge in [0.25, 0.3) is 15.9 Å². The molecule has 1 aliphatic heterocycles. The average molecular weight is 556 g/mol. The van der Waals surface area contributed by atoms with Crippen molar-refractivity contribution in [3.8, 4) is 5.75 Å². The Bertz CT molecular complexity index is 1480. The monoisotopic (exact) mass is 555 g/mol. The lowest BCUT2D eigenvalue weighted by molar-refractivity contribution is -0.135. The van der Waals surface area contributed by atoms with Crippen molar-refractivity contribution in [3.63, 3.8) is 0 Å². The maximum atomic E-state index is 12.9. The van der Waals surface area contributed by atoms with Crippen LogP contribution >= 0.6 is 0 Å². The Hall–Kier alpha value is -4.14. The summed E-state index contributed by atoms with van der Waals surface area (Å²) in [6.45, 7) is 4.52. The molecule has 0 unspecified atom stereocenters. The number of hydrogen-bond acceptors (Lipinski definition) is 5. The van der Waals surface area contributed by atoms with Crippen LogP contribution in [0.5, 0.6) is 5.75 Å². The number of aryl methyl sites for hydroxylation is 1. The maximum Gasteiger partial charge on any atom is 0.261 e. The van der Waals surface area contributed by atoms with Crippen LogP contribution in [0.1, 0.15) is 22.7 Å². The predicted octanol–water partition coefficient (Wildman–Crippen LogP) is 5.11. The fourth-order valence-corrected chi connectivity index (χ4v) is 6.04. The number of hydrogen-bond donors (Lipinski definition) is 1. The molecule has 7 nitrogen and oxygen atoms in total. The fourth-order valence-electron chi connectivity index (χ4n) is 4.99. The van der Waals surface area contributed by atoms with Crippen LogP contribution in [0, 0.1) is 6.92 Å². The molecule has 0 atom stereocenters. The second-order valence-electron chi connectivity index (χ2n) is 9.88. The highest BCUT2D eigenvalue weighted by molar-refractivity contribution is 7.92. The van der Waals surface area contributed by atoms with Gasteiger partial charge in [-0.2, -0.15) is 0 Å². The molecular formula is C32H33N3O4S. The van der Waals surface area contributed by atoms with Crippen molar-refractivity contribution in [3.05, 3.63) is 126 Å². The van der Waals surface area contributed by atoms with E-state index in [1.54, 1.807) is 30.3 Å². The van der Waals surface area contributed by atoms with Crippen LogP contribution in [-0.2, 0) is 14.8 Å². The summed E-state index contributed by atoms with van der Waals surface area (Å²) in [5.74, 6) is 0.350. The lowest BCUT2D eigenvalue weighted by atomic mass is 9.96. The molecule has 4 aromatic carbocycles. The van der Waals surface area contributed by atoms with E-state index in [1.165, 1.54) is 23.3 Å². The first-order valence-electron chi connectivity index (χ1n) is 13.3. The summed E-state index contributed by atoms with van der Waals surface area (Å²) < 4.78 is 33.8. The van der Waals surface area contributed by atoms with Crippen LogP contribution in [0.15, 0.2) is 114 Å². The lowest BCUT2D eigenvalue weighted by Crippen LogP contribution is -2.51. The number of ether oxygens (including phenoxy) is 1. The Kier molecular flexibility index (Phi) is 8.48. The van der Waals surface area contributed by atoms with Crippen LogP contribution in [0.3, 0.4) is 0 Å². The lowest BCUT2D eigenvalue weighted by Gasteiger charge is -2.39. The third-order valence-electron chi connectivity index (χ3n) is 7.03. The summed E-state index contributed by atoms with van der Waals surface area (Å²) >= 11 is 0. The summed E-state index contributed by atoms with van der Waals surface area (Å²) in [6, 6.07) is 34.3. The number of piperazine rings is 1. The zero-order valence-corrected chi connectivity index (χ0v) is 23.3. The van der Waals surface area contributed by atoms with Gasteiger partial charge in [0.05, 0.1) is 10.9 Å². The van der Waals surface area contributed by atoms with E-state index >= 15 is 0 Å². The summed E-state index contributed by atoms with van der Waals surface area (Å²) in [5, 5.41) is 0. The molecule has 1 amide bonds. The molecule has 1 saturated heterocycles. The highest BCUT2D eigenvalue weighted by Gasteiger charge is 2.28. The van der Waals surface area contributed by atoms with Crippen molar-refractivity contribution in [2.24, 2.45) is 0 Å². The molecule has 0 spiro atoms. The van der Waals surface area contributed by atoms with Gasteiger partial charge in [0.1, 0.15) is 5.75 Å². The van der Waals surface area contributed by atoms with Gasteiger partial charge in [0.2, 0.25) is 0 Å². The molecule has 1 fully saturated rings. The Morgan fingerprint density at radius 3 is 1.98 bits per heavy atom. The quantitative estimate of drug-likeness (QED) is 0.311. The molecule has 1 aliphatic rings. The van der Waals surface area contributed by atoms with E-state index in [0.717, 1.165) is 18.7 Å². The SMILES string of the molecule is Cc1cccc(NS(=O)(=O)c2ccc(OCC(=O)N3CCN(C(c4ccccc4)c4ccccc4)CC3)cc2)c1. The highest BCUT2D eigenvalue weighted by atomic mass is 32.2. The van der Waals surface area contributed by atoms with Gasteiger partial charge in [0.15, 0.2) is 6.61 Å². The largest absolute Gasteiger partial charge is 0.484 e. The zero-order chi connectivity index (χ0) is 28.0. The van der Waals surface area contributed by atoms with Gasteiger partial charge in [-0.15, -0.1) is 0 Å². The summed E-state index contributed by atoms with van der Waals surface area (Å²) in [4.78, 5) is 17.3. The van der Waals surface area contributed by atoms with Crippen LogP contribution in [0.25, 0.3) is 0 Å². The van der Waals surface area contributed by atoms with E-state index in [-0.39, 0.29) is 23.5 Å². The number of rotatable bonds is 9. The van der Waals surface area contributed by atoms with E-state index in [1.807, 2.05) is 30.0 Å². The van der Waals surface area contributed by atoms with Crippen molar-refractivity contribution in [2.45, 2.75) is 17.9 Å². The predicted molar refractivity (Wildman–Crippen MR) is 157 cm³/mol. The molecule has 0 aliphatic carbocycles. The third kappa shape index (κ3) is 6.70. The maximum absolute atomic E-state index is 12.9. The Labute approximate surface area is 236 Å². The van der Waals surface area contributed by atoms with E-state index in [4.69, 9.17) is 4.74 Å². The van der Waals surface area contributed by atoms with Crippen LogP contribution in [0.4, 0.5) is 5.69 Å². The molecule has 0 saturated carbocycles. The van der Waals surface area contributed by atoms with Gasteiger partial charge in [0, 0.05) is 31.9 Å². The van der Waals surface area contributed by atoms with Gasteiger partial charge < -0.3 is 9.64 Å². The number of nitrogens with one attached hydrogen (secondary N) is 1. The first-order valence-corrected chi connectivity index (χ1v) is 14.8. The summed E-state index contributed by atoms with van der Waals surface area (Å²) in [7, 11) is -3.73. The van der Waals surface area contributed by atoms with E-state index < -0.39 is 10.0 Å². The number of benzene rings is 4. The van der Waals surface area contributed by atoms with Crippen molar-refractivity contribution in [2.75, 3.05) is 37.5 Å². The van der Waals surface area contributed by atoms with E-state index in [9.17, 15) is 13.2 Å². The number of nitrogens with zero attached hydrogens (tertiary/aromatic N) is 2. The topological polar surface area (TPSA) is 78.9 Å².